The monoisotopic (exact) mass is 270 g/mol. The summed E-state index contributed by atoms with van der Waals surface area (Å²) >= 11 is 0. The minimum atomic E-state index is 0.868. The molecule has 20 heavy (non-hydrogen) atoms. The molecule has 0 bridgehead atoms. The molecule has 1 N–H and O–H groups in total. The van der Waals surface area contributed by atoms with E-state index in [4.69, 9.17) is 0 Å². The van der Waals surface area contributed by atoms with Crippen molar-refractivity contribution in [2.45, 2.75) is 27.2 Å². The summed E-state index contributed by atoms with van der Waals surface area (Å²) < 4.78 is 0. The van der Waals surface area contributed by atoms with E-state index in [-0.39, 0.29) is 0 Å². The summed E-state index contributed by atoms with van der Waals surface area (Å²) in [4.78, 5) is 10.8. The van der Waals surface area contributed by atoms with E-state index in [0.29, 0.717) is 0 Å². The number of nitrogens with zero attached hydrogens (tertiary/aromatic N) is 3. The average molecular weight is 270 g/mol. The van der Waals surface area contributed by atoms with Gasteiger partial charge in [-0.15, -0.1) is 0 Å². The highest BCUT2D eigenvalue weighted by atomic mass is 15.2. The first-order chi connectivity index (χ1) is 9.74. The van der Waals surface area contributed by atoms with Crippen LogP contribution in [-0.2, 0) is 0 Å². The molecule has 0 radical (unpaired) electrons. The Morgan fingerprint density at radius 3 is 2.50 bits per heavy atom. The van der Waals surface area contributed by atoms with Crippen LogP contribution in [0.3, 0.4) is 0 Å². The summed E-state index contributed by atoms with van der Waals surface area (Å²) in [6, 6.07) is 10.5. The maximum atomic E-state index is 4.39. The van der Waals surface area contributed by atoms with Gasteiger partial charge in [-0.05, 0) is 32.4 Å². The van der Waals surface area contributed by atoms with Gasteiger partial charge in [0.25, 0.3) is 0 Å². The molecular formula is C16H22N4. The summed E-state index contributed by atoms with van der Waals surface area (Å²) in [7, 11) is 0. The number of hydrogen-bond donors (Lipinski definition) is 1. The highest BCUT2D eigenvalue weighted by molar-refractivity contribution is 5.62. The third-order valence-electron chi connectivity index (χ3n) is 3.15. The van der Waals surface area contributed by atoms with E-state index in [9.17, 15) is 0 Å². The van der Waals surface area contributed by atoms with E-state index >= 15 is 0 Å². The van der Waals surface area contributed by atoms with Gasteiger partial charge in [-0.3, -0.25) is 0 Å². The van der Waals surface area contributed by atoms with Crippen molar-refractivity contribution >= 4 is 17.3 Å². The van der Waals surface area contributed by atoms with Crippen LogP contribution in [0.25, 0.3) is 0 Å². The third kappa shape index (κ3) is 3.47. The van der Waals surface area contributed by atoms with Crippen LogP contribution in [0.5, 0.6) is 0 Å². The van der Waals surface area contributed by atoms with Crippen LogP contribution in [0, 0.1) is 6.92 Å². The molecule has 0 spiro atoms. The molecule has 0 aliphatic heterocycles. The molecular weight excluding hydrogens is 248 g/mol. The molecule has 0 fully saturated rings. The number of anilines is 3. The van der Waals surface area contributed by atoms with Gasteiger partial charge in [0.2, 0.25) is 0 Å². The minimum absolute atomic E-state index is 0.868. The molecule has 0 saturated heterocycles. The highest BCUT2D eigenvalue weighted by Crippen LogP contribution is 2.24. The lowest BCUT2D eigenvalue weighted by Gasteiger charge is -2.22. The Hall–Kier alpha value is -2.10. The van der Waals surface area contributed by atoms with Crippen LogP contribution in [0.2, 0.25) is 0 Å². The van der Waals surface area contributed by atoms with Gasteiger partial charge in [-0.1, -0.05) is 24.6 Å². The van der Waals surface area contributed by atoms with E-state index in [1.54, 1.807) is 6.33 Å². The lowest BCUT2D eigenvalue weighted by molar-refractivity contribution is 0.949. The topological polar surface area (TPSA) is 41.0 Å². The molecule has 1 aromatic heterocycles. The third-order valence-corrected chi connectivity index (χ3v) is 3.15. The number of hydrogen-bond acceptors (Lipinski definition) is 4. The van der Waals surface area contributed by atoms with Crippen molar-refractivity contribution in [2.75, 3.05) is 23.3 Å². The van der Waals surface area contributed by atoms with Crippen molar-refractivity contribution in [3.8, 4) is 0 Å². The van der Waals surface area contributed by atoms with E-state index in [2.05, 4.69) is 65.2 Å². The lowest BCUT2D eigenvalue weighted by atomic mass is 10.2. The summed E-state index contributed by atoms with van der Waals surface area (Å²) in [6.45, 7) is 8.15. The van der Waals surface area contributed by atoms with E-state index in [1.165, 1.54) is 5.56 Å². The first-order valence-electron chi connectivity index (χ1n) is 7.14. The average Bonchev–Trinajstić information content (AvgIpc) is 2.48. The minimum Gasteiger partial charge on any atom is -0.370 e. The van der Waals surface area contributed by atoms with Crippen molar-refractivity contribution < 1.29 is 0 Å². The molecule has 4 nitrogen and oxygen atoms in total. The van der Waals surface area contributed by atoms with Crippen molar-refractivity contribution in [1.82, 2.24) is 9.97 Å². The van der Waals surface area contributed by atoms with Crippen LogP contribution in [-0.4, -0.2) is 23.1 Å². The zero-order valence-corrected chi connectivity index (χ0v) is 12.4. The van der Waals surface area contributed by atoms with Crippen LogP contribution < -0.4 is 10.2 Å². The van der Waals surface area contributed by atoms with E-state index in [0.717, 1.165) is 36.8 Å². The van der Waals surface area contributed by atoms with Gasteiger partial charge < -0.3 is 10.2 Å². The first-order valence-corrected chi connectivity index (χ1v) is 7.14. The second-order valence-corrected chi connectivity index (χ2v) is 4.77. The smallest absolute Gasteiger partial charge is 0.138 e. The van der Waals surface area contributed by atoms with Crippen molar-refractivity contribution in [1.29, 1.82) is 0 Å². The predicted octanol–water partition coefficient (Wildman–Crippen LogP) is 3.76. The lowest BCUT2D eigenvalue weighted by Crippen LogP contribution is -2.18. The Bertz CT molecular complexity index is 536. The van der Waals surface area contributed by atoms with Gasteiger partial charge in [0.1, 0.15) is 18.0 Å². The molecule has 0 saturated carbocycles. The first kappa shape index (κ1) is 14.3. The standard InChI is InChI=1S/C16H22N4/c1-4-10-17-15-11-16(19-12-18-15)20(5-2)14-8-6-13(3)7-9-14/h6-9,11-12H,4-5,10H2,1-3H3,(H,17,18,19). The molecule has 0 aliphatic carbocycles. The molecule has 0 aliphatic rings. The molecule has 0 unspecified atom stereocenters. The predicted molar refractivity (Wildman–Crippen MR) is 84.7 cm³/mol. The van der Waals surface area contributed by atoms with Crippen LogP contribution in [0.1, 0.15) is 25.8 Å². The Labute approximate surface area is 120 Å². The van der Waals surface area contributed by atoms with Gasteiger partial charge in [0.05, 0.1) is 0 Å². The SMILES string of the molecule is CCCNc1cc(N(CC)c2ccc(C)cc2)ncn1. The molecule has 106 valence electrons. The summed E-state index contributed by atoms with van der Waals surface area (Å²) in [5.74, 6) is 1.80. The van der Waals surface area contributed by atoms with Gasteiger partial charge in [-0.25, -0.2) is 9.97 Å². The van der Waals surface area contributed by atoms with Crippen LogP contribution in [0.4, 0.5) is 17.3 Å². The number of aromatic nitrogens is 2. The van der Waals surface area contributed by atoms with Gasteiger partial charge in [-0.2, -0.15) is 0 Å². The van der Waals surface area contributed by atoms with E-state index < -0.39 is 0 Å². The van der Waals surface area contributed by atoms with Crippen LogP contribution in [0.15, 0.2) is 36.7 Å². The zero-order chi connectivity index (χ0) is 14.4. The Morgan fingerprint density at radius 1 is 1.10 bits per heavy atom. The summed E-state index contributed by atoms with van der Waals surface area (Å²) in [6.07, 6.45) is 2.69. The second-order valence-electron chi connectivity index (χ2n) is 4.77. The molecule has 2 rings (SSSR count). The zero-order valence-electron chi connectivity index (χ0n) is 12.4. The second kappa shape index (κ2) is 6.89. The fourth-order valence-corrected chi connectivity index (χ4v) is 2.05. The normalized spacial score (nSPS) is 10.3. The number of benzene rings is 1. The van der Waals surface area contributed by atoms with Gasteiger partial charge in [0.15, 0.2) is 0 Å². The molecule has 2 aromatic rings. The quantitative estimate of drug-likeness (QED) is 0.867. The largest absolute Gasteiger partial charge is 0.370 e. The Kier molecular flexibility index (Phi) is 4.93. The highest BCUT2D eigenvalue weighted by Gasteiger charge is 2.09. The van der Waals surface area contributed by atoms with Gasteiger partial charge in [0, 0.05) is 24.8 Å². The summed E-state index contributed by atoms with van der Waals surface area (Å²) in [5.41, 5.74) is 2.41. The Balaban J connectivity index is 2.24. The Morgan fingerprint density at radius 2 is 1.85 bits per heavy atom. The molecule has 1 aromatic carbocycles. The van der Waals surface area contributed by atoms with Crippen molar-refractivity contribution in [3.05, 3.63) is 42.2 Å². The number of aryl methyl sites for hydroxylation is 1. The summed E-state index contributed by atoms with van der Waals surface area (Å²) in [5, 5.41) is 3.30. The fourth-order valence-electron chi connectivity index (χ4n) is 2.05. The maximum absolute atomic E-state index is 4.39. The molecule has 1 heterocycles. The molecule has 4 heteroatoms. The molecule has 0 amide bonds. The number of nitrogens with one attached hydrogen (secondary N) is 1. The number of rotatable bonds is 6. The van der Waals surface area contributed by atoms with Crippen LogP contribution >= 0.6 is 0 Å². The van der Waals surface area contributed by atoms with Crippen molar-refractivity contribution in [3.63, 3.8) is 0 Å². The maximum Gasteiger partial charge on any atom is 0.138 e. The van der Waals surface area contributed by atoms with E-state index in [1.807, 2.05) is 6.07 Å². The molecule has 0 atom stereocenters. The fraction of sp³-hybridized carbons (Fsp3) is 0.375. The van der Waals surface area contributed by atoms with Gasteiger partial charge >= 0.3 is 0 Å². The van der Waals surface area contributed by atoms with Crippen molar-refractivity contribution in [2.24, 2.45) is 0 Å².